The second-order valence-corrected chi connectivity index (χ2v) is 6.99. The fourth-order valence-corrected chi connectivity index (χ4v) is 3.46. The SMILES string of the molecule is CCn1ccc2c([C@](O)(c3ccc(C(F)(F)F)nc3)C(C)C)n(C)nc2c1=O. The summed E-state index contributed by atoms with van der Waals surface area (Å²) in [7, 11) is 1.59. The van der Waals surface area contributed by atoms with Crippen molar-refractivity contribution in [3.63, 3.8) is 0 Å². The number of pyridine rings is 2. The summed E-state index contributed by atoms with van der Waals surface area (Å²) < 4.78 is 41.5. The van der Waals surface area contributed by atoms with E-state index in [1.54, 1.807) is 33.2 Å². The Bertz CT molecular complexity index is 1070. The van der Waals surface area contributed by atoms with Crippen LogP contribution >= 0.6 is 0 Å². The number of fused-ring (bicyclic) bond motifs is 1. The van der Waals surface area contributed by atoms with Gasteiger partial charge in [-0.15, -0.1) is 0 Å². The summed E-state index contributed by atoms with van der Waals surface area (Å²) in [4.78, 5) is 16.1. The molecule has 0 bridgehead atoms. The van der Waals surface area contributed by atoms with Crippen molar-refractivity contribution in [1.82, 2.24) is 19.3 Å². The van der Waals surface area contributed by atoms with E-state index in [-0.39, 0.29) is 16.6 Å². The van der Waals surface area contributed by atoms with Gasteiger partial charge in [-0.3, -0.25) is 14.5 Å². The van der Waals surface area contributed by atoms with Crippen molar-refractivity contribution in [2.24, 2.45) is 13.0 Å². The molecular formula is C19H21F3N4O2. The number of rotatable bonds is 4. The van der Waals surface area contributed by atoms with E-state index in [1.165, 1.54) is 15.3 Å². The molecule has 1 atom stereocenters. The van der Waals surface area contributed by atoms with Gasteiger partial charge in [-0.05, 0) is 25.0 Å². The Kier molecular flexibility index (Phi) is 4.82. The molecule has 0 unspecified atom stereocenters. The van der Waals surface area contributed by atoms with E-state index in [2.05, 4.69) is 10.1 Å². The van der Waals surface area contributed by atoms with Gasteiger partial charge in [0, 0.05) is 36.9 Å². The fraction of sp³-hybridized carbons (Fsp3) is 0.421. The average Bonchev–Trinajstić information content (AvgIpc) is 2.98. The largest absolute Gasteiger partial charge is 0.433 e. The minimum Gasteiger partial charge on any atom is -0.378 e. The van der Waals surface area contributed by atoms with Crippen molar-refractivity contribution in [3.8, 4) is 0 Å². The van der Waals surface area contributed by atoms with Crippen molar-refractivity contribution in [2.75, 3.05) is 0 Å². The van der Waals surface area contributed by atoms with Crippen LogP contribution in [0.25, 0.3) is 10.9 Å². The fourth-order valence-electron chi connectivity index (χ4n) is 3.46. The van der Waals surface area contributed by atoms with E-state index in [9.17, 15) is 23.1 Å². The first-order chi connectivity index (χ1) is 13.0. The number of hydrogen-bond donors (Lipinski definition) is 1. The predicted molar refractivity (Wildman–Crippen MR) is 97.7 cm³/mol. The van der Waals surface area contributed by atoms with Crippen LogP contribution in [0.4, 0.5) is 13.2 Å². The molecule has 0 aliphatic carbocycles. The van der Waals surface area contributed by atoms with Crippen LogP contribution in [0.15, 0.2) is 35.4 Å². The maximum absolute atomic E-state index is 12.9. The van der Waals surface area contributed by atoms with Crippen LogP contribution in [0.3, 0.4) is 0 Å². The maximum atomic E-state index is 12.9. The van der Waals surface area contributed by atoms with E-state index in [0.717, 1.165) is 12.3 Å². The van der Waals surface area contributed by atoms with Gasteiger partial charge < -0.3 is 9.67 Å². The maximum Gasteiger partial charge on any atom is 0.433 e. The number of alkyl halides is 3. The second-order valence-electron chi connectivity index (χ2n) is 6.99. The lowest BCUT2D eigenvalue weighted by Gasteiger charge is -2.33. The van der Waals surface area contributed by atoms with Crippen LogP contribution in [0.2, 0.25) is 0 Å². The van der Waals surface area contributed by atoms with Crippen LogP contribution in [-0.2, 0) is 25.4 Å². The molecule has 3 aromatic rings. The zero-order valence-corrected chi connectivity index (χ0v) is 15.9. The Balaban J connectivity index is 2.27. The third-order valence-electron chi connectivity index (χ3n) is 5.00. The van der Waals surface area contributed by atoms with Gasteiger partial charge in [-0.2, -0.15) is 18.3 Å². The molecule has 0 radical (unpaired) electrons. The summed E-state index contributed by atoms with van der Waals surface area (Å²) >= 11 is 0. The molecule has 0 saturated heterocycles. The monoisotopic (exact) mass is 394 g/mol. The molecule has 9 heteroatoms. The van der Waals surface area contributed by atoms with Gasteiger partial charge in [0.05, 0.1) is 5.69 Å². The molecule has 1 N–H and O–H groups in total. The summed E-state index contributed by atoms with van der Waals surface area (Å²) in [6.45, 7) is 5.78. The van der Waals surface area contributed by atoms with Crippen molar-refractivity contribution in [1.29, 1.82) is 0 Å². The summed E-state index contributed by atoms with van der Waals surface area (Å²) in [6, 6.07) is 3.74. The smallest absolute Gasteiger partial charge is 0.378 e. The Labute approximate surface area is 159 Å². The van der Waals surface area contributed by atoms with Crippen LogP contribution in [-0.4, -0.2) is 24.4 Å². The average molecular weight is 394 g/mol. The molecule has 3 heterocycles. The van der Waals surface area contributed by atoms with Crippen molar-refractivity contribution in [3.05, 3.63) is 57.9 Å². The van der Waals surface area contributed by atoms with E-state index in [1.807, 2.05) is 6.92 Å². The first-order valence-electron chi connectivity index (χ1n) is 8.84. The third kappa shape index (κ3) is 2.99. The number of aromatic nitrogens is 4. The molecule has 28 heavy (non-hydrogen) atoms. The zero-order valence-electron chi connectivity index (χ0n) is 15.9. The molecule has 3 rings (SSSR count). The number of aryl methyl sites for hydroxylation is 2. The van der Waals surface area contributed by atoms with E-state index < -0.39 is 23.4 Å². The van der Waals surface area contributed by atoms with Gasteiger partial charge in [-0.1, -0.05) is 19.9 Å². The van der Waals surface area contributed by atoms with Crippen LogP contribution in [0.5, 0.6) is 0 Å². The van der Waals surface area contributed by atoms with Gasteiger partial charge in [-0.25, -0.2) is 0 Å². The number of halogens is 3. The van der Waals surface area contributed by atoms with Crippen LogP contribution in [0, 0.1) is 5.92 Å². The topological polar surface area (TPSA) is 72.9 Å². The third-order valence-corrected chi connectivity index (χ3v) is 5.00. The molecule has 0 saturated carbocycles. The highest BCUT2D eigenvalue weighted by molar-refractivity contribution is 5.82. The van der Waals surface area contributed by atoms with Gasteiger partial charge in [0.15, 0.2) is 5.52 Å². The molecule has 6 nitrogen and oxygen atoms in total. The summed E-state index contributed by atoms with van der Waals surface area (Å²) in [5, 5.41) is 16.3. The molecule has 0 amide bonds. The molecule has 150 valence electrons. The number of aliphatic hydroxyl groups is 1. The lowest BCUT2D eigenvalue weighted by Crippen LogP contribution is -2.36. The molecule has 0 aliphatic rings. The molecule has 0 spiro atoms. The highest BCUT2D eigenvalue weighted by atomic mass is 19.4. The Morgan fingerprint density at radius 3 is 2.39 bits per heavy atom. The lowest BCUT2D eigenvalue weighted by atomic mass is 9.80. The second kappa shape index (κ2) is 6.73. The van der Waals surface area contributed by atoms with Gasteiger partial charge in [0.25, 0.3) is 5.56 Å². The Hall–Kier alpha value is -2.68. The van der Waals surface area contributed by atoms with Gasteiger partial charge >= 0.3 is 6.18 Å². The predicted octanol–water partition coefficient (Wildman–Crippen LogP) is 3.06. The molecular weight excluding hydrogens is 373 g/mol. The molecule has 0 aromatic carbocycles. The van der Waals surface area contributed by atoms with E-state index in [0.29, 0.717) is 17.6 Å². The van der Waals surface area contributed by atoms with Gasteiger partial charge in [0.2, 0.25) is 0 Å². The van der Waals surface area contributed by atoms with Crippen LogP contribution in [0.1, 0.15) is 37.7 Å². The van der Waals surface area contributed by atoms with Crippen molar-refractivity contribution in [2.45, 2.75) is 39.1 Å². The van der Waals surface area contributed by atoms with Gasteiger partial charge in [0.1, 0.15) is 11.3 Å². The highest BCUT2D eigenvalue weighted by Gasteiger charge is 2.41. The quantitative estimate of drug-likeness (QED) is 0.738. The summed E-state index contributed by atoms with van der Waals surface area (Å²) in [5.41, 5.74) is -2.30. The molecule has 0 fully saturated rings. The van der Waals surface area contributed by atoms with Crippen molar-refractivity contribution >= 4 is 10.9 Å². The standard InChI is InChI=1S/C19H21F3N4O2/c1-5-26-9-8-13-15(17(26)27)24-25(4)16(13)18(28,11(2)3)12-6-7-14(23-10-12)19(20,21)22/h6-11,28H,5H2,1-4H3/t18-/m1/s1. The molecule has 0 aliphatic heterocycles. The Morgan fingerprint density at radius 2 is 1.89 bits per heavy atom. The lowest BCUT2D eigenvalue weighted by molar-refractivity contribution is -0.141. The first kappa shape index (κ1) is 20.1. The Morgan fingerprint density at radius 1 is 1.21 bits per heavy atom. The normalized spacial score (nSPS) is 14.6. The zero-order chi connectivity index (χ0) is 20.9. The highest BCUT2D eigenvalue weighted by Crippen LogP contribution is 2.40. The summed E-state index contributed by atoms with van der Waals surface area (Å²) in [6.07, 6.45) is -1.94. The number of nitrogens with zero attached hydrogens (tertiary/aromatic N) is 4. The minimum absolute atomic E-state index is 0.195. The minimum atomic E-state index is -4.57. The molecule has 3 aromatic heterocycles. The number of hydrogen-bond acceptors (Lipinski definition) is 4. The first-order valence-corrected chi connectivity index (χ1v) is 8.84. The van der Waals surface area contributed by atoms with Crippen molar-refractivity contribution < 1.29 is 18.3 Å². The van der Waals surface area contributed by atoms with E-state index in [4.69, 9.17) is 0 Å². The van der Waals surface area contributed by atoms with Crippen LogP contribution < -0.4 is 5.56 Å². The van der Waals surface area contributed by atoms with E-state index >= 15 is 0 Å². The summed E-state index contributed by atoms with van der Waals surface area (Å²) in [5.74, 6) is -0.432.